The minimum absolute atomic E-state index is 0.0133. The molecule has 0 aliphatic carbocycles. The summed E-state index contributed by atoms with van der Waals surface area (Å²) in [4.78, 5) is 25.4. The van der Waals surface area contributed by atoms with E-state index in [9.17, 15) is 23.1 Å². The van der Waals surface area contributed by atoms with Crippen LogP contribution in [0.3, 0.4) is 0 Å². The van der Waals surface area contributed by atoms with Crippen LogP contribution in [-0.4, -0.2) is 37.2 Å². The van der Waals surface area contributed by atoms with Gasteiger partial charge < -0.3 is 19.9 Å². The minimum atomic E-state index is -4.03. The predicted molar refractivity (Wildman–Crippen MR) is 133 cm³/mol. The van der Waals surface area contributed by atoms with Crippen LogP contribution in [0.5, 0.6) is 5.75 Å². The number of sulfone groups is 1. The van der Waals surface area contributed by atoms with Gasteiger partial charge in [0, 0.05) is 6.42 Å². The van der Waals surface area contributed by atoms with Crippen molar-refractivity contribution in [3.05, 3.63) is 90.0 Å². The molecule has 0 heterocycles. The Bertz CT molecular complexity index is 1300. The molecule has 0 aliphatic heterocycles. The maximum Gasteiger partial charge on any atom is 0.408 e. The molecule has 0 aromatic heterocycles. The highest BCUT2D eigenvalue weighted by atomic mass is 32.2. The Morgan fingerprint density at radius 1 is 0.944 bits per heavy atom. The zero-order valence-electron chi connectivity index (χ0n) is 20.3. The number of phenols is 1. The number of aromatic hydroxyl groups is 1. The highest BCUT2D eigenvalue weighted by Crippen LogP contribution is 2.28. The molecule has 3 rings (SSSR count). The van der Waals surface area contributed by atoms with Gasteiger partial charge in [0.2, 0.25) is 9.84 Å². The molecule has 1 atom stereocenters. The Kier molecular flexibility index (Phi) is 8.37. The molecule has 0 saturated carbocycles. The first kappa shape index (κ1) is 26.7. The molecule has 36 heavy (non-hydrogen) atoms. The Morgan fingerprint density at radius 3 is 2.17 bits per heavy atom. The van der Waals surface area contributed by atoms with Crippen molar-refractivity contribution >= 4 is 21.9 Å². The fourth-order valence-electron chi connectivity index (χ4n) is 3.38. The van der Waals surface area contributed by atoms with Gasteiger partial charge in [0.1, 0.15) is 24.0 Å². The molecular weight excluding hydrogens is 482 g/mol. The number of carbonyl (C=O) groups excluding carboxylic acids is 2. The number of phenolic OH excluding ortho intramolecular Hbond substituents is 1. The van der Waals surface area contributed by atoms with Gasteiger partial charge in [-0.15, -0.1) is 0 Å². The van der Waals surface area contributed by atoms with E-state index in [0.717, 1.165) is 11.6 Å². The summed E-state index contributed by atoms with van der Waals surface area (Å²) in [5.41, 5.74) is 0.130. The first-order valence-corrected chi connectivity index (χ1v) is 12.8. The van der Waals surface area contributed by atoms with Gasteiger partial charge in [0.25, 0.3) is 0 Å². The van der Waals surface area contributed by atoms with E-state index in [0.29, 0.717) is 0 Å². The molecule has 0 saturated heterocycles. The summed E-state index contributed by atoms with van der Waals surface area (Å²) in [6, 6.07) is 19.4. The summed E-state index contributed by atoms with van der Waals surface area (Å²) in [6.07, 6.45) is -1.07. The van der Waals surface area contributed by atoms with Crippen LogP contribution in [0.1, 0.15) is 31.9 Å². The largest absolute Gasteiger partial charge is 0.508 e. The zero-order valence-corrected chi connectivity index (χ0v) is 21.1. The van der Waals surface area contributed by atoms with E-state index in [1.54, 1.807) is 63.2 Å². The summed E-state index contributed by atoms with van der Waals surface area (Å²) in [7, 11) is -4.03. The molecule has 0 radical (unpaired) electrons. The number of ether oxygens (including phenoxy) is 2. The standard InChI is InChI=1S/C27H29NO7S/c1-27(2,3)35-25(30)23(28-26(31)34-18-19-10-6-4-7-11-19)16-20-14-15-21(29)17-24(20)36(32,33)22-12-8-5-9-13-22/h4-15,17,23,29H,16,18H2,1-3H3,(H,28,31)/t23-/m0/s1. The van der Waals surface area contributed by atoms with E-state index < -0.39 is 33.5 Å². The Morgan fingerprint density at radius 2 is 1.56 bits per heavy atom. The lowest BCUT2D eigenvalue weighted by atomic mass is 10.1. The van der Waals surface area contributed by atoms with Crippen molar-refractivity contribution in [1.29, 1.82) is 0 Å². The molecule has 0 bridgehead atoms. The van der Waals surface area contributed by atoms with Crippen LogP contribution in [0.25, 0.3) is 0 Å². The van der Waals surface area contributed by atoms with E-state index >= 15 is 0 Å². The van der Waals surface area contributed by atoms with Crippen molar-refractivity contribution in [2.45, 2.75) is 55.2 Å². The van der Waals surface area contributed by atoms with Gasteiger partial charge in [-0.3, -0.25) is 0 Å². The van der Waals surface area contributed by atoms with Crippen molar-refractivity contribution in [2.24, 2.45) is 0 Å². The third-order valence-electron chi connectivity index (χ3n) is 5.01. The average Bonchev–Trinajstić information content (AvgIpc) is 2.83. The molecule has 0 fully saturated rings. The van der Waals surface area contributed by atoms with Gasteiger partial charge in [-0.05, 0) is 56.2 Å². The fraction of sp³-hybridized carbons (Fsp3) is 0.259. The van der Waals surface area contributed by atoms with Crippen molar-refractivity contribution in [1.82, 2.24) is 5.32 Å². The number of carbonyl (C=O) groups is 2. The SMILES string of the molecule is CC(C)(C)OC(=O)[C@H](Cc1ccc(O)cc1S(=O)(=O)c1ccccc1)NC(=O)OCc1ccccc1. The summed E-state index contributed by atoms with van der Waals surface area (Å²) >= 11 is 0. The number of esters is 1. The van der Waals surface area contributed by atoms with Gasteiger partial charge in [0.15, 0.2) is 0 Å². The molecule has 3 aromatic rings. The molecule has 0 aliphatic rings. The van der Waals surface area contributed by atoms with Crippen molar-refractivity contribution in [2.75, 3.05) is 0 Å². The van der Waals surface area contributed by atoms with Crippen molar-refractivity contribution < 1.29 is 32.6 Å². The van der Waals surface area contributed by atoms with Crippen molar-refractivity contribution in [3.8, 4) is 5.75 Å². The Hall–Kier alpha value is -3.85. The zero-order chi connectivity index (χ0) is 26.3. The first-order valence-electron chi connectivity index (χ1n) is 11.3. The highest BCUT2D eigenvalue weighted by molar-refractivity contribution is 7.91. The quantitative estimate of drug-likeness (QED) is 0.430. The van der Waals surface area contributed by atoms with Crippen LogP contribution >= 0.6 is 0 Å². The Labute approximate surface area is 210 Å². The molecule has 0 unspecified atom stereocenters. The van der Waals surface area contributed by atoms with E-state index in [4.69, 9.17) is 9.47 Å². The van der Waals surface area contributed by atoms with Crippen LogP contribution < -0.4 is 5.32 Å². The lowest BCUT2D eigenvalue weighted by molar-refractivity contribution is -0.157. The van der Waals surface area contributed by atoms with Gasteiger partial charge in [0.05, 0.1) is 9.79 Å². The molecule has 190 valence electrons. The van der Waals surface area contributed by atoms with Crippen LogP contribution in [0, 0.1) is 0 Å². The predicted octanol–water partition coefficient (Wildman–Crippen LogP) is 4.40. The second-order valence-electron chi connectivity index (χ2n) is 9.10. The summed E-state index contributed by atoms with van der Waals surface area (Å²) < 4.78 is 37.4. The second-order valence-corrected chi connectivity index (χ2v) is 11.0. The molecule has 0 spiro atoms. The third-order valence-corrected chi connectivity index (χ3v) is 6.87. The van der Waals surface area contributed by atoms with Gasteiger partial charge in [-0.2, -0.15) is 0 Å². The third kappa shape index (κ3) is 7.32. The molecule has 3 aromatic carbocycles. The van der Waals surface area contributed by atoms with E-state index in [1.165, 1.54) is 24.3 Å². The number of hydrogen-bond acceptors (Lipinski definition) is 7. The van der Waals surface area contributed by atoms with E-state index in [2.05, 4.69) is 5.32 Å². The van der Waals surface area contributed by atoms with Crippen LogP contribution in [-0.2, 0) is 37.1 Å². The molecule has 8 nitrogen and oxygen atoms in total. The number of amides is 1. The number of nitrogens with one attached hydrogen (secondary N) is 1. The molecular formula is C27H29NO7S. The first-order chi connectivity index (χ1) is 17.0. The Balaban J connectivity index is 1.89. The molecule has 9 heteroatoms. The lowest BCUT2D eigenvalue weighted by Gasteiger charge is -2.25. The fourth-order valence-corrected chi connectivity index (χ4v) is 4.92. The van der Waals surface area contributed by atoms with Crippen LogP contribution in [0.2, 0.25) is 0 Å². The minimum Gasteiger partial charge on any atom is -0.508 e. The van der Waals surface area contributed by atoms with Crippen LogP contribution in [0.15, 0.2) is 88.7 Å². The van der Waals surface area contributed by atoms with E-state index in [-0.39, 0.29) is 34.1 Å². The van der Waals surface area contributed by atoms with Gasteiger partial charge >= 0.3 is 12.1 Å². The monoisotopic (exact) mass is 511 g/mol. The van der Waals surface area contributed by atoms with Crippen LogP contribution in [0.4, 0.5) is 4.79 Å². The average molecular weight is 512 g/mol. The summed E-state index contributed by atoms with van der Waals surface area (Å²) in [6.45, 7) is 5.03. The maximum atomic E-state index is 13.3. The summed E-state index contributed by atoms with van der Waals surface area (Å²) in [5, 5.41) is 12.5. The molecule has 2 N–H and O–H groups in total. The molecule has 1 amide bonds. The number of benzene rings is 3. The number of hydrogen-bond donors (Lipinski definition) is 2. The normalized spacial score (nSPS) is 12.4. The van der Waals surface area contributed by atoms with Crippen molar-refractivity contribution in [3.63, 3.8) is 0 Å². The van der Waals surface area contributed by atoms with E-state index in [1.807, 2.05) is 6.07 Å². The number of alkyl carbamates (subject to hydrolysis) is 1. The highest BCUT2D eigenvalue weighted by Gasteiger charge is 2.30. The topological polar surface area (TPSA) is 119 Å². The summed E-state index contributed by atoms with van der Waals surface area (Å²) in [5.74, 6) is -1.01. The second kappa shape index (κ2) is 11.3. The maximum absolute atomic E-state index is 13.3. The lowest BCUT2D eigenvalue weighted by Crippen LogP contribution is -2.45. The number of rotatable bonds is 8. The van der Waals surface area contributed by atoms with Gasteiger partial charge in [-0.25, -0.2) is 18.0 Å². The van der Waals surface area contributed by atoms with Gasteiger partial charge in [-0.1, -0.05) is 54.6 Å². The smallest absolute Gasteiger partial charge is 0.408 e.